The Hall–Kier alpha value is -3.07. The normalized spacial score (nSPS) is 17.3. The van der Waals surface area contributed by atoms with Gasteiger partial charge < -0.3 is 16.6 Å². The molecule has 6 heteroatoms. The zero-order valence-corrected chi connectivity index (χ0v) is 9.79. The van der Waals surface area contributed by atoms with Crippen molar-refractivity contribution in [1.82, 2.24) is 0 Å². The first-order valence-electron chi connectivity index (χ1n) is 5.33. The Morgan fingerprint density at radius 2 is 2.00 bits per heavy atom. The van der Waals surface area contributed by atoms with E-state index in [0.29, 0.717) is 5.56 Å². The molecule has 0 bridgehead atoms. The van der Waals surface area contributed by atoms with Gasteiger partial charge in [0, 0.05) is 5.56 Å². The van der Waals surface area contributed by atoms with Crippen LogP contribution in [-0.4, -0.2) is 16.8 Å². The summed E-state index contributed by atoms with van der Waals surface area (Å²) in [5.74, 6) is -0.840. The van der Waals surface area contributed by atoms with Crippen molar-refractivity contribution in [3.05, 3.63) is 46.7 Å². The van der Waals surface area contributed by atoms with E-state index < -0.39 is 5.91 Å². The van der Waals surface area contributed by atoms with Crippen LogP contribution in [0, 0.1) is 11.3 Å². The molecule has 0 radical (unpaired) electrons. The molecule has 0 saturated heterocycles. The van der Waals surface area contributed by atoms with Crippen LogP contribution < -0.4 is 11.5 Å². The molecule has 1 aromatic carbocycles. The Bertz CT molecular complexity index is 693. The van der Waals surface area contributed by atoms with Crippen molar-refractivity contribution >= 4 is 17.8 Å². The first-order valence-corrected chi connectivity index (χ1v) is 5.33. The number of amides is 1. The highest BCUT2D eigenvalue weighted by Gasteiger charge is 2.24. The summed E-state index contributed by atoms with van der Waals surface area (Å²) >= 11 is 0. The molecule has 94 valence electrons. The second-order valence-electron chi connectivity index (χ2n) is 3.82. The molecule has 0 fully saturated rings. The predicted octanol–water partition coefficient (Wildman–Crippen LogP) is 0.409. The molecule has 5 N–H and O–H groups in total. The molecule has 2 rings (SSSR count). The third kappa shape index (κ3) is 2.17. The highest BCUT2D eigenvalue weighted by atomic mass is 16.3. The highest BCUT2D eigenvalue weighted by molar-refractivity contribution is 6.18. The minimum atomic E-state index is -0.641. The number of aromatic hydroxyl groups is 1. The lowest BCUT2D eigenvalue weighted by molar-refractivity contribution is -0.114. The largest absolute Gasteiger partial charge is 0.507 e. The van der Waals surface area contributed by atoms with Gasteiger partial charge in [0.25, 0.3) is 5.91 Å². The van der Waals surface area contributed by atoms with Crippen LogP contribution in [0.4, 0.5) is 0 Å². The number of rotatable bonds is 1. The van der Waals surface area contributed by atoms with Crippen LogP contribution in [0.2, 0.25) is 0 Å². The fourth-order valence-electron chi connectivity index (χ4n) is 1.64. The number of nitriles is 1. The van der Waals surface area contributed by atoms with E-state index in [9.17, 15) is 9.90 Å². The SMILES string of the molecule is N#CC1=C(N)/C(=C/c2ccccc2O)C(=O)N=C1N. The van der Waals surface area contributed by atoms with Crippen molar-refractivity contribution < 1.29 is 9.90 Å². The molecule has 19 heavy (non-hydrogen) atoms. The standard InChI is InChI=1S/C13H10N4O2/c14-6-9-11(15)8(13(19)17-12(9)16)5-7-3-1-2-4-10(7)18/h1-5,18H,15H2,(H2,16,17,19)/b8-5-. The number of amidine groups is 1. The summed E-state index contributed by atoms with van der Waals surface area (Å²) in [4.78, 5) is 15.3. The predicted molar refractivity (Wildman–Crippen MR) is 69.5 cm³/mol. The molecule has 1 heterocycles. The summed E-state index contributed by atoms with van der Waals surface area (Å²) in [6.07, 6.45) is 1.38. The van der Waals surface area contributed by atoms with Gasteiger partial charge in [0.1, 0.15) is 23.2 Å². The zero-order chi connectivity index (χ0) is 14.0. The van der Waals surface area contributed by atoms with E-state index >= 15 is 0 Å². The van der Waals surface area contributed by atoms with Gasteiger partial charge >= 0.3 is 0 Å². The number of phenols is 1. The van der Waals surface area contributed by atoms with Crippen LogP contribution in [0.3, 0.4) is 0 Å². The van der Waals surface area contributed by atoms with Crippen molar-refractivity contribution in [2.75, 3.05) is 0 Å². The third-order valence-corrected chi connectivity index (χ3v) is 2.62. The fraction of sp³-hybridized carbons (Fsp3) is 0. The van der Waals surface area contributed by atoms with Gasteiger partial charge in [-0.3, -0.25) is 4.79 Å². The highest BCUT2D eigenvalue weighted by Crippen LogP contribution is 2.24. The summed E-state index contributed by atoms with van der Waals surface area (Å²) in [5, 5.41) is 18.6. The molecule has 0 aromatic heterocycles. The molecule has 0 aliphatic carbocycles. The lowest BCUT2D eigenvalue weighted by Gasteiger charge is -2.12. The molecular weight excluding hydrogens is 244 g/mol. The van der Waals surface area contributed by atoms with Crippen molar-refractivity contribution in [2.24, 2.45) is 16.5 Å². The van der Waals surface area contributed by atoms with Crippen LogP contribution in [-0.2, 0) is 4.79 Å². The number of para-hydroxylation sites is 1. The van der Waals surface area contributed by atoms with E-state index in [1.165, 1.54) is 12.1 Å². The van der Waals surface area contributed by atoms with Gasteiger partial charge in [0.2, 0.25) is 0 Å². The fourth-order valence-corrected chi connectivity index (χ4v) is 1.64. The molecule has 1 aliphatic heterocycles. The smallest absolute Gasteiger partial charge is 0.281 e. The Kier molecular flexibility index (Phi) is 3.04. The Labute approximate surface area is 109 Å². The Morgan fingerprint density at radius 3 is 2.63 bits per heavy atom. The molecule has 0 spiro atoms. The maximum atomic E-state index is 11.8. The maximum Gasteiger partial charge on any atom is 0.281 e. The Morgan fingerprint density at radius 1 is 1.32 bits per heavy atom. The number of carbonyl (C=O) groups is 1. The number of benzene rings is 1. The minimum Gasteiger partial charge on any atom is -0.507 e. The lowest BCUT2D eigenvalue weighted by atomic mass is 10.0. The summed E-state index contributed by atoms with van der Waals surface area (Å²) < 4.78 is 0. The van der Waals surface area contributed by atoms with Gasteiger partial charge in [-0.05, 0) is 12.1 Å². The van der Waals surface area contributed by atoms with Crippen molar-refractivity contribution in [3.8, 4) is 11.8 Å². The number of carbonyl (C=O) groups excluding carboxylic acids is 1. The summed E-state index contributed by atoms with van der Waals surface area (Å²) in [7, 11) is 0. The first-order chi connectivity index (χ1) is 9.04. The summed E-state index contributed by atoms with van der Waals surface area (Å²) in [5.41, 5.74) is 11.5. The first kappa shape index (κ1) is 12.4. The van der Waals surface area contributed by atoms with Gasteiger partial charge in [-0.1, -0.05) is 18.2 Å². The van der Waals surface area contributed by atoms with Gasteiger partial charge in [0.15, 0.2) is 0 Å². The van der Waals surface area contributed by atoms with E-state index in [0.717, 1.165) is 0 Å². The average Bonchev–Trinajstić information content (AvgIpc) is 2.36. The van der Waals surface area contributed by atoms with E-state index in [4.69, 9.17) is 16.7 Å². The third-order valence-electron chi connectivity index (χ3n) is 2.62. The molecule has 0 atom stereocenters. The molecule has 0 saturated carbocycles. The number of hydrogen-bond acceptors (Lipinski definition) is 5. The number of hydrogen-bond donors (Lipinski definition) is 3. The molecule has 1 amide bonds. The van der Waals surface area contributed by atoms with Crippen LogP contribution >= 0.6 is 0 Å². The molecule has 1 aliphatic rings. The quantitative estimate of drug-likeness (QED) is 0.626. The number of phenolic OH excluding ortho intramolecular Hbond substituents is 1. The van der Waals surface area contributed by atoms with Crippen LogP contribution in [0.1, 0.15) is 5.56 Å². The van der Waals surface area contributed by atoms with Crippen LogP contribution in [0.15, 0.2) is 46.1 Å². The van der Waals surface area contributed by atoms with Crippen molar-refractivity contribution in [2.45, 2.75) is 0 Å². The molecule has 0 unspecified atom stereocenters. The van der Waals surface area contributed by atoms with Crippen molar-refractivity contribution in [1.29, 1.82) is 5.26 Å². The van der Waals surface area contributed by atoms with Crippen LogP contribution in [0.25, 0.3) is 6.08 Å². The van der Waals surface area contributed by atoms with Crippen molar-refractivity contribution in [3.63, 3.8) is 0 Å². The number of dihydropyridines is 1. The monoisotopic (exact) mass is 254 g/mol. The number of nitrogens with zero attached hydrogens (tertiary/aromatic N) is 2. The van der Waals surface area contributed by atoms with E-state index in [1.807, 2.05) is 0 Å². The molecule has 1 aromatic rings. The maximum absolute atomic E-state index is 11.8. The van der Waals surface area contributed by atoms with Gasteiger partial charge in [-0.25, -0.2) is 0 Å². The number of nitrogens with two attached hydrogens (primary N) is 2. The van der Waals surface area contributed by atoms with Gasteiger partial charge in [-0.15, -0.1) is 0 Å². The zero-order valence-electron chi connectivity index (χ0n) is 9.79. The second-order valence-corrected chi connectivity index (χ2v) is 3.82. The topological polar surface area (TPSA) is 125 Å². The minimum absolute atomic E-state index is 0.00312. The summed E-state index contributed by atoms with van der Waals surface area (Å²) in [6.45, 7) is 0. The Balaban J connectivity index is 2.58. The van der Waals surface area contributed by atoms with Gasteiger partial charge in [0.05, 0.1) is 11.3 Å². The van der Waals surface area contributed by atoms with Gasteiger partial charge in [-0.2, -0.15) is 10.3 Å². The second kappa shape index (κ2) is 4.66. The van der Waals surface area contributed by atoms with E-state index in [-0.39, 0.29) is 28.4 Å². The van der Waals surface area contributed by atoms with Crippen LogP contribution in [0.5, 0.6) is 5.75 Å². The molecular formula is C13H10N4O2. The van der Waals surface area contributed by atoms with E-state index in [2.05, 4.69) is 4.99 Å². The summed E-state index contributed by atoms with van der Waals surface area (Å²) in [6, 6.07) is 8.23. The molecule has 6 nitrogen and oxygen atoms in total. The average molecular weight is 254 g/mol. The van der Waals surface area contributed by atoms with E-state index in [1.54, 1.807) is 24.3 Å². The lowest BCUT2D eigenvalue weighted by Crippen LogP contribution is -2.27. The number of aliphatic imine (C=N–C) groups is 1.